The zero-order valence-corrected chi connectivity index (χ0v) is 9.74. The number of hydrogen-bond donors (Lipinski definition) is 1. The van der Waals surface area contributed by atoms with Crippen LogP contribution in [0.4, 0.5) is 5.82 Å². The van der Waals surface area contributed by atoms with Gasteiger partial charge in [-0.3, -0.25) is 4.98 Å². The molecule has 0 fully saturated rings. The molecule has 3 rings (SSSR count). The second-order valence-corrected chi connectivity index (χ2v) is 3.93. The van der Waals surface area contributed by atoms with Gasteiger partial charge in [0.1, 0.15) is 11.3 Å². The summed E-state index contributed by atoms with van der Waals surface area (Å²) in [4.78, 5) is 12.8. The maximum atomic E-state index is 4.41. The van der Waals surface area contributed by atoms with Crippen molar-refractivity contribution in [1.29, 1.82) is 0 Å². The standard InChI is InChI=1S/C14H12N4/c1-2-4-11(5-3-1)10-17-13-7-6-12-14(18-13)16-9-8-15-12/h1-9H,10H2,(H,16,17,18). The summed E-state index contributed by atoms with van der Waals surface area (Å²) >= 11 is 0. The zero-order chi connectivity index (χ0) is 12.2. The van der Waals surface area contributed by atoms with Crippen LogP contribution >= 0.6 is 0 Å². The van der Waals surface area contributed by atoms with Crippen molar-refractivity contribution in [1.82, 2.24) is 15.0 Å². The monoisotopic (exact) mass is 236 g/mol. The third-order valence-electron chi connectivity index (χ3n) is 2.65. The predicted molar refractivity (Wildman–Crippen MR) is 71.1 cm³/mol. The smallest absolute Gasteiger partial charge is 0.180 e. The van der Waals surface area contributed by atoms with E-state index in [1.165, 1.54) is 5.56 Å². The molecule has 0 saturated heterocycles. The minimum atomic E-state index is 0.663. The molecule has 88 valence electrons. The lowest BCUT2D eigenvalue weighted by atomic mass is 10.2. The molecule has 1 N–H and O–H groups in total. The van der Waals surface area contributed by atoms with Crippen LogP contribution < -0.4 is 5.32 Å². The fraction of sp³-hybridized carbons (Fsp3) is 0.0714. The Morgan fingerprint density at radius 1 is 0.889 bits per heavy atom. The first-order chi connectivity index (χ1) is 8.92. The van der Waals surface area contributed by atoms with E-state index in [2.05, 4.69) is 32.4 Å². The molecule has 4 heteroatoms. The first-order valence-corrected chi connectivity index (χ1v) is 5.77. The molecule has 2 aromatic heterocycles. The summed E-state index contributed by atoms with van der Waals surface area (Å²) in [5.41, 5.74) is 2.69. The van der Waals surface area contributed by atoms with E-state index in [0.717, 1.165) is 17.9 Å². The van der Waals surface area contributed by atoms with Crippen molar-refractivity contribution < 1.29 is 0 Å². The average molecular weight is 236 g/mol. The Bertz CT molecular complexity index is 652. The van der Waals surface area contributed by atoms with Gasteiger partial charge < -0.3 is 5.32 Å². The first kappa shape index (κ1) is 10.7. The highest BCUT2D eigenvalue weighted by atomic mass is 15.0. The highest BCUT2D eigenvalue weighted by Gasteiger charge is 1.99. The normalized spacial score (nSPS) is 10.4. The zero-order valence-electron chi connectivity index (χ0n) is 9.74. The fourth-order valence-electron chi connectivity index (χ4n) is 1.74. The molecular weight excluding hydrogens is 224 g/mol. The van der Waals surface area contributed by atoms with E-state index in [4.69, 9.17) is 0 Å². The van der Waals surface area contributed by atoms with Crippen molar-refractivity contribution in [2.24, 2.45) is 0 Å². The second-order valence-electron chi connectivity index (χ2n) is 3.93. The molecule has 4 nitrogen and oxygen atoms in total. The predicted octanol–water partition coefficient (Wildman–Crippen LogP) is 2.64. The Morgan fingerprint density at radius 2 is 1.72 bits per heavy atom. The molecule has 0 aliphatic heterocycles. The maximum Gasteiger partial charge on any atom is 0.180 e. The molecule has 0 spiro atoms. The average Bonchev–Trinajstić information content (AvgIpc) is 2.46. The van der Waals surface area contributed by atoms with Crippen molar-refractivity contribution in [2.75, 3.05) is 5.32 Å². The van der Waals surface area contributed by atoms with Crippen LogP contribution in [0.25, 0.3) is 11.2 Å². The molecule has 18 heavy (non-hydrogen) atoms. The van der Waals surface area contributed by atoms with Crippen LogP contribution in [-0.4, -0.2) is 15.0 Å². The molecule has 3 aromatic rings. The van der Waals surface area contributed by atoms with Crippen LogP contribution in [0.1, 0.15) is 5.56 Å². The largest absolute Gasteiger partial charge is 0.366 e. The summed E-state index contributed by atoms with van der Waals surface area (Å²) in [5.74, 6) is 0.812. The minimum absolute atomic E-state index is 0.663. The molecule has 0 aliphatic rings. The fourth-order valence-corrected chi connectivity index (χ4v) is 1.74. The number of anilines is 1. The Balaban J connectivity index is 1.79. The third kappa shape index (κ3) is 2.27. The van der Waals surface area contributed by atoms with E-state index >= 15 is 0 Å². The van der Waals surface area contributed by atoms with Crippen LogP contribution in [0, 0.1) is 0 Å². The number of benzene rings is 1. The van der Waals surface area contributed by atoms with Gasteiger partial charge >= 0.3 is 0 Å². The molecule has 0 bridgehead atoms. The lowest BCUT2D eigenvalue weighted by Crippen LogP contribution is -2.01. The summed E-state index contributed by atoms with van der Waals surface area (Å²) in [6.45, 7) is 0.750. The Labute approximate surface area is 105 Å². The quantitative estimate of drug-likeness (QED) is 0.759. The van der Waals surface area contributed by atoms with Crippen molar-refractivity contribution in [2.45, 2.75) is 6.54 Å². The van der Waals surface area contributed by atoms with Gasteiger partial charge in [-0.15, -0.1) is 0 Å². The lowest BCUT2D eigenvalue weighted by molar-refractivity contribution is 1.11. The number of fused-ring (bicyclic) bond motifs is 1. The van der Waals surface area contributed by atoms with E-state index < -0.39 is 0 Å². The lowest BCUT2D eigenvalue weighted by Gasteiger charge is -2.05. The van der Waals surface area contributed by atoms with E-state index in [9.17, 15) is 0 Å². The van der Waals surface area contributed by atoms with Crippen LogP contribution in [0.3, 0.4) is 0 Å². The number of nitrogens with zero attached hydrogens (tertiary/aromatic N) is 3. The van der Waals surface area contributed by atoms with Gasteiger partial charge in [-0.2, -0.15) is 0 Å². The summed E-state index contributed by atoms with van der Waals surface area (Å²) in [7, 11) is 0. The number of rotatable bonds is 3. The van der Waals surface area contributed by atoms with Crippen molar-refractivity contribution >= 4 is 17.0 Å². The Morgan fingerprint density at radius 3 is 2.61 bits per heavy atom. The molecule has 0 radical (unpaired) electrons. The van der Waals surface area contributed by atoms with E-state index in [0.29, 0.717) is 5.65 Å². The Kier molecular flexibility index (Phi) is 2.84. The van der Waals surface area contributed by atoms with E-state index in [1.807, 2.05) is 30.3 Å². The second kappa shape index (κ2) is 4.79. The molecular formula is C14H12N4. The SMILES string of the molecule is c1ccc(CNc2ccc3nccnc3n2)cc1. The first-order valence-electron chi connectivity index (χ1n) is 5.77. The number of hydrogen-bond acceptors (Lipinski definition) is 4. The number of pyridine rings is 1. The van der Waals surface area contributed by atoms with Crippen LogP contribution in [0.2, 0.25) is 0 Å². The van der Waals surface area contributed by atoms with Crippen molar-refractivity contribution in [3.63, 3.8) is 0 Å². The van der Waals surface area contributed by atoms with E-state index in [1.54, 1.807) is 12.4 Å². The van der Waals surface area contributed by atoms with E-state index in [-0.39, 0.29) is 0 Å². The van der Waals surface area contributed by atoms with Crippen LogP contribution in [0.5, 0.6) is 0 Å². The van der Waals surface area contributed by atoms with Crippen molar-refractivity contribution in [3.8, 4) is 0 Å². The molecule has 0 atom stereocenters. The van der Waals surface area contributed by atoms with Gasteiger partial charge in [0.2, 0.25) is 0 Å². The van der Waals surface area contributed by atoms with Crippen LogP contribution in [0.15, 0.2) is 54.9 Å². The number of nitrogens with one attached hydrogen (secondary N) is 1. The topological polar surface area (TPSA) is 50.7 Å². The summed E-state index contributed by atoms with van der Waals surface area (Å²) in [6.07, 6.45) is 3.32. The molecule has 0 aliphatic carbocycles. The molecule has 0 amide bonds. The van der Waals surface area contributed by atoms with Gasteiger partial charge in [-0.05, 0) is 17.7 Å². The van der Waals surface area contributed by atoms with Crippen molar-refractivity contribution in [3.05, 3.63) is 60.4 Å². The summed E-state index contributed by atoms with van der Waals surface area (Å²) in [6, 6.07) is 14.0. The molecule has 2 heterocycles. The highest BCUT2D eigenvalue weighted by molar-refractivity contribution is 5.71. The van der Waals surface area contributed by atoms with Gasteiger partial charge in [0, 0.05) is 18.9 Å². The highest BCUT2D eigenvalue weighted by Crippen LogP contribution is 2.11. The maximum absolute atomic E-state index is 4.41. The van der Waals surface area contributed by atoms with Crippen LogP contribution in [-0.2, 0) is 6.54 Å². The molecule has 1 aromatic carbocycles. The summed E-state index contributed by atoms with van der Waals surface area (Å²) in [5, 5.41) is 3.27. The number of aromatic nitrogens is 3. The molecule has 0 unspecified atom stereocenters. The van der Waals surface area contributed by atoms with Gasteiger partial charge in [-0.25, -0.2) is 9.97 Å². The molecule has 0 saturated carbocycles. The third-order valence-corrected chi connectivity index (χ3v) is 2.65. The Hall–Kier alpha value is -2.49. The van der Waals surface area contributed by atoms with Gasteiger partial charge in [0.15, 0.2) is 5.65 Å². The van der Waals surface area contributed by atoms with Gasteiger partial charge in [0.05, 0.1) is 0 Å². The van der Waals surface area contributed by atoms with Gasteiger partial charge in [0.25, 0.3) is 0 Å². The summed E-state index contributed by atoms with van der Waals surface area (Å²) < 4.78 is 0. The van der Waals surface area contributed by atoms with Gasteiger partial charge in [-0.1, -0.05) is 30.3 Å². The minimum Gasteiger partial charge on any atom is -0.366 e.